The molecule has 2 aromatic carbocycles. The van der Waals surface area contributed by atoms with E-state index in [0.717, 1.165) is 22.6 Å². The van der Waals surface area contributed by atoms with Crippen LogP contribution in [0, 0.1) is 6.92 Å². The Labute approximate surface area is 164 Å². The average molecular weight is 380 g/mol. The van der Waals surface area contributed by atoms with Gasteiger partial charge in [-0.25, -0.2) is 4.98 Å². The molecule has 0 spiro atoms. The summed E-state index contributed by atoms with van der Waals surface area (Å²) in [5.41, 5.74) is 2.98. The zero-order chi connectivity index (χ0) is 19.9. The molecule has 0 saturated heterocycles. The second-order valence-electron chi connectivity index (χ2n) is 6.14. The molecule has 1 aromatic heterocycles. The van der Waals surface area contributed by atoms with Crippen molar-refractivity contribution in [3.63, 3.8) is 0 Å². The first-order chi connectivity index (χ1) is 13.6. The molecule has 0 aliphatic heterocycles. The predicted molar refractivity (Wildman–Crippen MR) is 110 cm³/mol. The van der Waals surface area contributed by atoms with Crippen molar-refractivity contribution < 1.29 is 14.2 Å². The molecule has 7 heteroatoms. The Morgan fingerprint density at radius 3 is 2.36 bits per heavy atom. The number of hydrogen-bond acceptors (Lipinski definition) is 7. The maximum Gasteiger partial charge on any atom is 0.229 e. The molecule has 0 radical (unpaired) electrons. The molecule has 3 aromatic rings. The summed E-state index contributed by atoms with van der Waals surface area (Å²) < 4.78 is 16.0. The van der Waals surface area contributed by atoms with Crippen molar-refractivity contribution in [2.75, 3.05) is 32.0 Å². The van der Waals surface area contributed by atoms with Crippen LogP contribution >= 0.6 is 0 Å². The van der Waals surface area contributed by atoms with Crippen LogP contribution < -0.4 is 24.8 Å². The van der Waals surface area contributed by atoms with Crippen molar-refractivity contribution >= 4 is 17.5 Å². The number of nitrogens with zero attached hydrogens (tertiary/aromatic N) is 2. The fourth-order valence-electron chi connectivity index (χ4n) is 2.74. The van der Waals surface area contributed by atoms with E-state index in [1.165, 1.54) is 0 Å². The summed E-state index contributed by atoms with van der Waals surface area (Å²) >= 11 is 0. The molecule has 0 aliphatic carbocycles. The van der Waals surface area contributed by atoms with E-state index < -0.39 is 0 Å². The highest BCUT2D eigenvalue weighted by molar-refractivity contribution is 5.64. The third-order valence-electron chi connectivity index (χ3n) is 4.18. The Morgan fingerprint density at radius 1 is 0.857 bits per heavy atom. The van der Waals surface area contributed by atoms with E-state index in [9.17, 15) is 0 Å². The van der Waals surface area contributed by atoms with Gasteiger partial charge >= 0.3 is 0 Å². The second-order valence-corrected chi connectivity index (χ2v) is 6.14. The first kappa shape index (κ1) is 19.3. The quantitative estimate of drug-likeness (QED) is 0.607. The van der Waals surface area contributed by atoms with Crippen LogP contribution in [0.5, 0.6) is 17.2 Å². The Morgan fingerprint density at radius 2 is 1.61 bits per heavy atom. The van der Waals surface area contributed by atoms with Crippen LogP contribution in [0.1, 0.15) is 11.1 Å². The normalized spacial score (nSPS) is 10.3. The molecule has 0 atom stereocenters. The molecule has 0 saturated carbocycles. The minimum Gasteiger partial charge on any atom is -0.495 e. The fraction of sp³-hybridized carbons (Fsp3) is 0.238. The lowest BCUT2D eigenvalue weighted by molar-refractivity contribution is 0.354. The van der Waals surface area contributed by atoms with Gasteiger partial charge < -0.3 is 24.8 Å². The maximum atomic E-state index is 5.39. The summed E-state index contributed by atoms with van der Waals surface area (Å²) in [7, 11) is 4.88. The van der Waals surface area contributed by atoms with Crippen LogP contribution in [0.15, 0.2) is 48.7 Å². The summed E-state index contributed by atoms with van der Waals surface area (Å²) in [6.07, 6.45) is 1.70. The molecule has 0 aliphatic rings. The lowest BCUT2D eigenvalue weighted by Gasteiger charge is -2.12. The Hall–Kier alpha value is -3.48. The van der Waals surface area contributed by atoms with Gasteiger partial charge in [-0.1, -0.05) is 12.1 Å². The van der Waals surface area contributed by atoms with Crippen LogP contribution in [-0.2, 0) is 6.54 Å². The molecule has 0 amide bonds. The summed E-state index contributed by atoms with van der Waals surface area (Å²) in [4.78, 5) is 8.81. The van der Waals surface area contributed by atoms with Crippen LogP contribution in [-0.4, -0.2) is 31.3 Å². The van der Waals surface area contributed by atoms with Gasteiger partial charge in [-0.3, -0.25) is 0 Å². The molecule has 28 heavy (non-hydrogen) atoms. The van der Waals surface area contributed by atoms with E-state index in [0.29, 0.717) is 29.8 Å². The van der Waals surface area contributed by atoms with Crippen LogP contribution in [0.4, 0.5) is 17.5 Å². The standard InChI is InChI=1S/C21H24N4O3/c1-14-5-7-17(26-2)16(11-14)24-21-22-10-9-20(25-21)23-13-15-6-8-18(27-3)19(12-15)28-4/h5-12H,13H2,1-4H3,(H2,22,23,24,25). The SMILES string of the molecule is COc1ccc(C)cc1Nc1nccc(NCc2ccc(OC)c(OC)c2)n1. The smallest absolute Gasteiger partial charge is 0.229 e. The summed E-state index contributed by atoms with van der Waals surface area (Å²) in [5, 5.41) is 6.51. The van der Waals surface area contributed by atoms with Gasteiger partial charge in [0.25, 0.3) is 0 Å². The van der Waals surface area contributed by atoms with Gasteiger partial charge in [-0.2, -0.15) is 4.98 Å². The van der Waals surface area contributed by atoms with Crippen molar-refractivity contribution in [2.24, 2.45) is 0 Å². The van der Waals surface area contributed by atoms with E-state index >= 15 is 0 Å². The van der Waals surface area contributed by atoms with Gasteiger partial charge in [-0.05, 0) is 48.4 Å². The molecule has 0 unspecified atom stereocenters. The molecule has 3 rings (SSSR count). The Kier molecular flexibility index (Phi) is 6.16. The molecule has 0 bridgehead atoms. The number of hydrogen-bond donors (Lipinski definition) is 2. The van der Waals surface area contributed by atoms with Gasteiger partial charge in [0.15, 0.2) is 11.5 Å². The van der Waals surface area contributed by atoms with E-state index in [1.807, 2.05) is 49.4 Å². The zero-order valence-electron chi connectivity index (χ0n) is 16.4. The molecular formula is C21H24N4O3. The van der Waals surface area contributed by atoms with Crippen molar-refractivity contribution in [2.45, 2.75) is 13.5 Å². The van der Waals surface area contributed by atoms with Gasteiger partial charge in [0.05, 0.1) is 27.0 Å². The number of ether oxygens (including phenoxy) is 3. The molecule has 1 heterocycles. The molecular weight excluding hydrogens is 356 g/mol. The highest BCUT2D eigenvalue weighted by Crippen LogP contribution is 2.29. The molecule has 146 valence electrons. The van der Waals surface area contributed by atoms with Gasteiger partial charge in [0.2, 0.25) is 5.95 Å². The second kappa shape index (κ2) is 8.94. The first-order valence-corrected chi connectivity index (χ1v) is 8.82. The van der Waals surface area contributed by atoms with E-state index in [2.05, 4.69) is 20.6 Å². The minimum absolute atomic E-state index is 0.487. The van der Waals surface area contributed by atoms with Crippen LogP contribution in [0.2, 0.25) is 0 Å². The van der Waals surface area contributed by atoms with Gasteiger partial charge in [-0.15, -0.1) is 0 Å². The van der Waals surface area contributed by atoms with Gasteiger partial charge in [0.1, 0.15) is 11.6 Å². The Bertz CT molecular complexity index is 947. The number of methoxy groups -OCH3 is 3. The third kappa shape index (κ3) is 4.62. The molecule has 7 nitrogen and oxygen atoms in total. The first-order valence-electron chi connectivity index (χ1n) is 8.82. The lowest BCUT2D eigenvalue weighted by atomic mass is 10.2. The number of benzene rings is 2. The van der Waals surface area contributed by atoms with Crippen LogP contribution in [0.25, 0.3) is 0 Å². The lowest BCUT2D eigenvalue weighted by Crippen LogP contribution is -2.05. The fourth-order valence-corrected chi connectivity index (χ4v) is 2.74. The van der Waals surface area contributed by atoms with Crippen molar-refractivity contribution in [3.05, 3.63) is 59.8 Å². The van der Waals surface area contributed by atoms with E-state index in [1.54, 1.807) is 27.5 Å². The van der Waals surface area contributed by atoms with Crippen molar-refractivity contribution in [3.8, 4) is 17.2 Å². The predicted octanol–water partition coefficient (Wildman–Crippen LogP) is 4.17. The Balaban J connectivity index is 1.71. The van der Waals surface area contributed by atoms with Crippen molar-refractivity contribution in [1.82, 2.24) is 9.97 Å². The largest absolute Gasteiger partial charge is 0.495 e. The van der Waals surface area contributed by atoms with E-state index in [4.69, 9.17) is 14.2 Å². The number of aromatic nitrogens is 2. The highest BCUT2D eigenvalue weighted by Gasteiger charge is 2.07. The van der Waals surface area contributed by atoms with Gasteiger partial charge in [0, 0.05) is 12.7 Å². The highest BCUT2D eigenvalue weighted by atomic mass is 16.5. The van der Waals surface area contributed by atoms with E-state index in [-0.39, 0.29) is 0 Å². The number of rotatable bonds is 8. The summed E-state index contributed by atoms with van der Waals surface area (Å²) in [6.45, 7) is 2.61. The topological polar surface area (TPSA) is 77.5 Å². The maximum absolute atomic E-state index is 5.39. The molecule has 2 N–H and O–H groups in total. The van der Waals surface area contributed by atoms with Crippen LogP contribution in [0.3, 0.4) is 0 Å². The molecule has 0 fully saturated rings. The average Bonchev–Trinajstić information content (AvgIpc) is 2.72. The minimum atomic E-state index is 0.487. The third-order valence-corrected chi connectivity index (χ3v) is 4.18. The zero-order valence-corrected chi connectivity index (χ0v) is 16.4. The number of aryl methyl sites for hydroxylation is 1. The number of anilines is 3. The summed E-state index contributed by atoms with van der Waals surface area (Å²) in [5.74, 6) is 3.32. The number of nitrogens with one attached hydrogen (secondary N) is 2. The monoisotopic (exact) mass is 380 g/mol. The van der Waals surface area contributed by atoms with Crippen molar-refractivity contribution in [1.29, 1.82) is 0 Å². The summed E-state index contributed by atoms with van der Waals surface area (Å²) in [6, 6.07) is 13.5.